The van der Waals surface area contributed by atoms with Crippen molar-refractivity contribution in [2.45, 2.75) is 12.7 Å². The molecular formula is C20H15F3N4O5. The molecule has 0 aliphatic rings. The number of halogens is 3. The second-order valence-corrected chi connectivity index (χ2v) is 6.46. The van der Waals surface area contributed by atoms with Crippen molar-refractivity contribution in [3.63, 3.8) is 0 Å². The Labute approximate surface area is 177 Å². The Morgan fingerprint density at radius 2 is 1.81 bits per heavy atom. The van der Waals surface area contributed by atoms with E-state index in [-0.39, 0.29) is 29.2 Å². The van der Waals surface area contributed by atoms with Crippen molar-refractivity contribution >= 4 is 17.7 Å². The van der Waals surface area contributed by atoms with E-state index in [1.807, 2.05) is 0 Å². The van der Waals surface area contributed by atoms with Gasteiger partial charge in [-0.1, -0.05) is 30.3 Å². The number of alkyl halides is 3. The number of amides is 2. The van der Waals surface area contributed by atoms with Gasteiger partial charge in [-0.25, -0.2) is 14.6 Å². The quantitative estimate of drug-likeness (QED) is 0.406. The number of carboxylic acids is 1. The average molecular weight is 448 g/mol. The molecule has 0 saturated heterocycles. The average Bonchev–Trinajstić information content (AvgIpc) is 2.73. The molecule has 0 bridgehead atoms. The van der Waals surface area contributed by atoms with E-state index in [2.05, 4.69) is 20.6 Å². The van der Waals surface area contributed by atoms with Crippen LogP contribution in [0.2, 0.25) is 0 Å². The fraction of sp³-hybridized carbons (Fsp3) is 0.100. The van der Waals surface area contributed by atoms with Crippen LogP contribution in [0.5, 0.6) is 5.75 Å². The molecule has 166 valence electrons. The summed E-state index contributed by atoms with van der Waals surface area (Å²) in [5.41, 5.74) is -2.48. The minimum Gasteiger partial charge on any atom is -0.501 e. The van der Waals surface area contributed by atoms with Crippen molar-refractivity contribution in [3.8, 4) is 17.1 Å². The predicted molar refractivity (Wildman–Crippen MR) is 106 cm³/mol. The molecule has 3 rings (SSSR count). The number of nitrogens with zero attached hydrogens (tertiary/aromatic N) is 1. The van der Waals surface area contributed by atoms with Gasteiger partial charge in [0.05, 0.1) is 5.56 Å². The van der Waals surface area contributed by atoms with Crippen molar-refractivity contribution in [1.29, 1.82) is 0 Å². The highest BCUT2D eigenvalue weighted by Gasteiger charge is 2.32. The normalized spacial score (nSPS) is 11.1. The van der Waals surface area contributed by atoms with Crippen LogP contribution in [0.4, 0.5) is 23.7 Å². The zero-order valence-electron chi connectivity index (χ0n) is 16.0. The van der Waals surface area contributed by atoms with Crippen molar-refractivity contribution in [2.24, 2.45) is 0 Å². The van der Waals surface area contributed by atoms with Gasteiger partial charge in [-0.3, -0.25) is 4.79 Å². The van der Waals surface area contributed by atoms with E-state index in [1.165, 1.54) is 42.5 Å². The van der Waals surface area contributed by atoms with E-state index in [0.717, 1.165) is 6.07 Å². The fourth-order valence-corrected chi connectivity index (χ4v) is 2.80. The molecule has 2 aromatic carbocycles. The van der Waals surface area contributed by atoms with Gasteiger partial charge in [0.25, 0.3) is 5.56 Å². The van der Waals surface area contributed by atoms with Gasteiger partial charge in [0.15, 0.2) is 5.69 Å². The van der Waals surface area contributed by atoms with Gasteiger partial charge in [0.2, 0.25) is 5.75 Å². The molecule has 0 spiro atoms. The SMILES string of the molecule is O=C(NCc1ccccc1C(F)(F)F)Nc1cccc(-c2nc(C(=O)O)c(O)c(=O)[nH]2)c1. The first-order valence-corrected chi connectivity index (χ1v) is 8.93. The highest BCUT2D eigenvalue weighted by Crippen LogP contribution is 2.31. The first-order chi connectivity index (χ1) is 15.1. The van der Waals surface area contributed by atoms with Crippen LogP contribution < -0.4 is 16.2 Å². The van der Waals surface area contributed by atoms with Crippen LogP contribution in [0, 0.1) is 0 Å². The first kappa shape index (κ1) is 22.3. The third-order valence-electron chi connectivity index (χ3n) is 4.25. The Hall–Kier alpha value is -4.35. The third-order valence-corrected chi connectivity index (χ3v) is 4.25. The third kappa shape index (κ3) is 5.03. The Kier molecular flexibility index (Phi) is 6.14. The van der Waals surface area contributed by atoms with Crippen LogP contribution in [0.3, 0.4) is 0 Å². The number of urea groups is 1. The largest absolute Gasteiger partial charge is 0.501 e. The van der Waals surface area contributed by atoms with Gasteiger partial charge in [-0.05, 0) is 23.8 Å². The van der Waals surface area contributed by atoms with Crippen LogP contribution in [-0.2, 0) is 12.7 Å². The lowest BCUT2D eigenvalue weighted by Crippen LogP contribution is -2.29. The molecular weight excluding hydrogens is 433 g/mol. The number of hydrogen-bond donors (Lipinski definition) is 5. The van der Waals surface area contributed by atoms with E-state index in [4.69, 9.17) is 5.11 Å². The number of hydrogen-bond acceptors (Lipinski definition) is 5. The smallest absolute Gasteiger partial charge is 0.416 e. The van der Waals surface area contributed by atoms with Crippen LogP contribution in [0.1, 0.15) is 21.6 Å². The van der Waals surface area contributed by atoms with Gasteiger partial charge in [0, 0.05) is 17.8 Å². The molecule has 9 nitrogen and oxygen atoms in total. The molecule has 0 fully saturated rings. The number of carbonyl (C=O) groups excluding carboxylic acids is 1. The number of aromatic nitrogens is 2. The molecule has 12 heteroatoms. The van der Waals surface area contributed by atoms with Crippen LogP contribution in [0.15, 0.2) is 53.3 Å². The van der Waals surface area contributed by atoms with E-state index in [1.54, 1.807) is 0 Å². The van der Waals surface area contributed by atoms with Crippen molar-refractivity contribution in [3.05, 3.63) is 75.7 Å². The summed E-state index contributed by atoms with van der Waals surface area (Å²) in [5, 5.41) is 23.3. The predicted octanol–water partition coefficient (Wildman–Crippen LogP) is 3.18. The molecule has 0 aliphatic heterocycles. The summed E-state index contributed by atoms with van der Waals surface area (Å²) in [6, 6.07) is 9.78. The molecule has 0 saturated carbocycles. The van der Waals surface area contributed by atoms with Gasteiger partial charge in [-0.2, -0.15) is 13.2 Å². The minimum atomic E-state index is -4.56. The molecule has 2 amide bonds. The second-order valence-electron chi connectivity index (χ2n) is 6.46. The summed E-state index contributed by atoms with van der Waals surface area (Å²) in [6.07, 6.45) is -4.56. The summed E-state index contributed by atoms with van der Waals surface area (Å²) in [6.45, 7) is -0.379. The molecule has 3 aromatic rings. The number of H-pyrrole nitrogens is 1. The highest BCUT2D eigenvalue weighted by molar-refractivity contribution is 5.90. The molecule has 1 heterocycles. The summed E-state index contributed by atoms with van der Waals surface area (Å²) < 4.78 is 39.1. The number of anilines is 1. The fourth-order valence-electron chi connectivity index (χ4n) is 2.80. The Morgan fingerprint density at radius 3 is 2.50 bits per heavy atom. The van der Waals surface area contributed by atoms with Crippen molar-refractivity contribution in [2.75, 3.05) is 5.32 Å². The van der Waals surface area contributed by atoms with Gasteiger partial charge >= 0.3 is 18.2 Å². The van der Waals surface area contributed by atoms with Gasteiger partial charge < -0.3 is 25.8 Å². The highest BCUT2D eigenvalue weighted by atomic mass is 19.4. The molecule has 0 unspecified atom stereocenters. The maximum Gasteiger partial charge on any atom is 0.416 e. The number of carboxylic acid groups (broad SMARTS) is 1. The summed E-state index contributed by atoms with van der Waals surface area (Å²) in [5.74, 6) is -2.83. The van der Waals surface area contributed by atoms with Crippen molar-refractivity contribution < 1.29 is 33.0 Å². The number of benzene rings is 2. The van der Waals surface area contributed by atoms with Gasteiger partial charge in [0.1, 0.15) is 5.82 Å². The number of rotatable bonds is 5. The maximum absolute atomic E-state index is 13.0. The Morgan fingerprint density at radius 1 is 1.09 bits per heavy atom. The molecule has 0 aliphatic carbocycles. The lowest BCUT2D eigenvalue weighted by Gasteiger charge is -2.14. The van der Waals surface area contributed by atoms with Gasteiger partial charge in [-0.15, -0.1) is 0 Å². The summed E-state index contributed by atoms with van der Waals surface area (Å²) in [4.78, 5) is 40.9. The van der Waals surface area contributed by atoms with E-state index in [0.29, 0.717) is 0 Å². The maximum atomic E-state index is 13.0. The zero-order valence-corrected chi connectivity index (χ0v) is 16.0. The number of nitrogens with one attached hydrogen (secondary N) is 3. The van der Waals surface area contributed by atoms with Crippen molar-refractivity contribution in [1.82, 2.24) is 15.3 Å². The molecule has 1 aromatic heterocycles. The zero-order chi connectivity index (χ0) is 23.5. The van der Waals surface area contributed by atoms with E-state index < -0.39 is 40.7 Å². The first-order valence-electron chi connectivity index (χ1n) is 8.93. The molecule has 32 heavy (non-hydrogen) atoms. The Bertz CT molecular complexity index is 1240. The van der Waals surface area contributed by atoms with E-state index in [9.17, 15) is 32.7 Å². The summed E-state index contributed by atoms with van der Waals surface area (Å²) in [7, 11) is 0. The molecule has 5 N–H and O–H groups in total. The van der Waals surface area contributed by atoms with E-state index >= 15 is 0 Å². The lowest BCUT2D eigenvalue weighted by molar-refractivity contribution is -0.138. The Balaban J connectivity index is 1.76. The number of aromatic hydroxyl groups is 1. The standard InChI is InChI=1S/C20H15F3N4O5/c21-20(22,23)13-7-2-1-4-11(13)9-24-19(32)25-12-6-3-5-10(8-12)16-26-14(18(30)31)15(28)17(29)27-16/h1-8,28H,9H2,(H,30,31)(H2,24,25,32)(H,26,27,29). The minimum absolute atomic E-state index is 0.115. The molecule has 0 atom stereocenters. The summed E-state index contributed by atoms with van der Waals surface area (Å²) >= 11 is 0. The van der Waals surface area contributed by atoms with Crippen LogP contribution in [-0.4, -0.2) is 32.2 Å². The number of aromatic carboxylic acids is 1. The van der Waals surface area contributed by atoms with Crippen LogP contribution >= 0.6 is 0 Å². The molecule has 0 radical (unpaired) electrons. The second kappa shape index (κ2) is 8.79. The number of carbonyl (C=O) groups is 2. The lowest BCUT2D eigenvalue weighted by atomic mass is 10.1. The topological polar surface area (TPSA) is 144 Å². The number of aromatic amines is 1. The van der Waals surface area contributed by atoms with Crippen LogP contribution in [0.25, 0.3) is 11.4 Å². The monoisotopic (exact) mass is 448 g/mol.